The predicted octanol–water partition coefficient (Wildman–Crippen LogP) is 1.07. The van der Waals surface area contributed by atoms with E-state index in [1.54, 1.807) is 0 Å². The fraction of sp³-hybridized carbons (Fsp3) is 0.824. The molecule has 0 aromatic carbocycles. The van der Waals surface area contributed by atoms with Gasteiger partial charge in [0.2, 0.25) is 5.91 Å². The van der Waals surface area contributed by atoms with Crippen molar-refractivity contribution < 1.29 is 4.79 Å². The Morgan fingerprint density at radius 2 is 1.86 bits per heavy atom. The zero-order valence-corrected chi connectivity index (χ0v) is 12.9. The van der Waals surface area contributed by atoms with Crippen molar-refractivity contribution in [2.45, 2.75) is 50.6 Å². The van der Waals surface area contributed by atoms with Crippen molar-refractivity contribution in [1.82, 2.24) is 15.1 Å². The highest BCUT2D eigenvalue weighted by Gasteiger charge is 2.36. The molecule has 3 aliphatic rings. The van der Waals surface area contributed by atoms with Crippen LogP contribution in [0.15, 0.2) is 0 Å². The zero-order chi connectivity index (χ0) is 14.7. The van der Waals surface area contributed by atoms with Crippen LogP contribution in [-0.4, -0.2) is 60.5 Å². The standard InChI is InChI=1S/C17H27N3O/c1-2-9-19-10-12-20(13-11-19)17(21)16-8-7-14-5-3-4-6-15(14)18-16/h1,14-16,18H,3-13H2. The molecule has 1 N–H and O–H groups in total. The number of rotatable bonds is 2. The molecule has 4 heteroatoms. The normalized spacial score (nSPS) is 34.0. The van der Waals surface area contributed by atoms with Gasteiger partial charge in [-0.15, -0.1) is 6.42 Å². The maximum Gasteiger partial charge on any atom is 0.239 e. The summed E-state index contributed by atoms with van der Waals surface area (Å²) < 4.78 is 0. The zero-order valence-electron chi connectivity index (χ0n) is 12.9. The highest BCUT2D eigenvalue weighted by molar-refractivity contribution is 5.82. The number of fused-ring (bicyclic) bond motifs is 1. The van der Waals surface area contributed by atoms with Crippen LogP contribution in [0.2, 0.25) is 0 Å². The third-order valence-electron chi connectivity index (χ3n) is 5.45. The average molecular weight is 289 g/mol. The van der Waals surface area contributed by atoms with Crippen molar-refractivity contribution in [2.24, 2.45) is 5.92 Å². The molecule has 1 amide bonds. The monoisotopic (exact) mass is 289 g/mol. The van der Waals surface area contributed by atoms with Gasteiger partial charge in [0.05, 0.1) is 12.6 Å². The molecule has 2 saturated heterocycles. The number of carbonyl (C=O) groups is 1. The van der Waals surface area contributed by atoms with Crippen molar-refractivity contribution in [3.63, 3.8) is 0 Å². The molecule has 116 valence electrons. The Labute approximate surface area is 128 Å². The third kappa shape index (κ3) is 3.41. The molecule has 0 aromatic heterocycles. The van der Waals surface area contributed by atoms with Crippen LogP contribution in [0.5, 0.6) is 0 Å². The maximum absolute atomic E-state index is 12.7. The van der Waals surface area contributed by atoms with Crippen molar-refractivity contribution >= 4 is 5.91 Å². The number of piperazine rings is 1. The van der Waals surface area contributed by atoms with Gasteiger partial charge in [-0.05, 0) is 31.6 Å². The van der Waals surface area contributed by atoms with Gasteiger partial charge in [-0.1, -0.05) is 18.8 Å². The number of piperidine rings is 1. The Kier molecular flexibility index (Phi) is 4.82. The van der Waals surface area contributed by atoms with Crippen LogP contribution in [0, 0.1) is 18.3 Å². The van der Waals surface area contributed by atoms with Gasteiger partial charge in [-0.2, -0.15) is 0 Å². The minimum atomic E-state index is 0.0588. The van der Waals surface area contributed by atoms with E-state index in [2.05, 4.69) is 16.1 Å². The second-order valence-electron chi connectivity index (χ2n) is 6.75. The van der Waals surface area contributed by atoms with Crippen molar-refractivity contribution in [3.05, 3.63) is 0 Å². The molecular weight excluding hydrogens is 262 g/mol. The lowest BCUT2D eigenvalue weighted by atomic mass is 9.77. The molecule has 3 unspecified atom stereocenters. The number of hydrogen-bond acceptors (Lipinski definition) is 3. The van der Waals surface area contributed by atoms with Gasteiger partial charge < -0.3 is 10.2 Å². The molecule has 3 rings (SSSR count). The predicted molar refractivity (Wildman–Crippen MR) is 83.8 cm³/mol. The first kappa shape index (κ1) is 14.9. The molecule has 21 heavy (non-hydrogen) atoms. The molecular formula is C17H27N3O. The molecule has 3 fully saturated rings. The van der Waals surface area contributed by atoms with Crippen molar-refractivity contribution in [3.8, 4) is 12.3 Å². The van der Waals surface area contributed by atoms with E-state index in [0.717, 1.165) is 38.5 Å². The van der Waals surface area contributed by atoms with Gasteiger partial charge in [0.25, 0.3) is 0 Å². The first-order valence-electron chi connectivity index (χ1n) is 8.48. The molecule has 0 radical (unpaired) electrons. The number of nitrogens with one attached hydrogen (secondary N) is 1. The van der Waals surface area contributed by atoms with Crippen LogP contribution >= 0.6 is 0 Å². The number of hydrogen-bond donors (Lipinski definition) is 1. The highest BCUT2D eigenvalue weighted by atomic mass is 16.2. The second-order valence-corrected chi connectivity index (χ2v) is 6.75. The lowest BCUT2D eigenvalue weighted by molar-refractivity contribution is -0.136. The van der Waals surface area contributed by atoms with Gasteiger partial charge in [0.1, 0.15) is 0 Å². The Bertz CT molecular complexity index is 409. The van der Waals surface area contributed by atoms with E-state index < -0.39 is 0 Å². The molecule has 2 aliphatic heterocycles. The Morgan fingerprint density at radius 1 is 1.10 bits per heavy atom. The number of carbonyl (C=O) groups excluding carboxylic acids is 1. The van der Waals surface area contributed by atoms with Crippen LogP contribution in [0.25, 0.3) is 0 Å². The Morgan fingerprint density at radius 3 is 2.62 bits per heavy atom. The molecule has 4 nitrogen and oxygen atoms in total. The fourth-order valence-electron chi connectivity index (χ4n) is 4.17. The summed E-state index contributed by atoms with van der Waals surface area (Å²) in [5, 5.41) is 3.65. The number of amides is 1. The molecule has 0 bridgehead atoms. The molecule has 3 atom stereocenters. The highest BCUT2D eigenvalue weighted by Crippen LogP contribution is 2.32. The van der Waals surface area contributed by atoms with Gasteiger partial charge >= 0.3 is 0 Å². The van der Waals surface area contributed by atoms with Gasteiger partial charge in [0, 0.05) is 32.2 Å². The summed E-state index contributed by atoms with van der Waals surface area (Å²) in [4.78, 5) is 17.0. The van der Waals surface area contributed by atoms with Gasteiger partial charge in [-0.3, -0.25) is 9.69 Å². The van der Waals surface area contributed by atoms with Crippen molar-refractivity contribution in [1.29, 1.82) is 0 Å². The molecule has 1 saturated carbocycles. The van der Waals surface area contributed by atoms with Gasteiger partial charge in [-0.25, -0.2) is 0 Å². The van der Waals surface area contributed by atoms with Crippen LogP contribution in [0.3, 0.4) is 0 Å². The topological polar surface area (TPSA) is 35.6 Å². The van der Waals surface area contributed by atoms with E-state index in [4.69, 9.17) is 6.42 Å². The Balaban J connectivity index is 1.51. The molecule has 2 heterocycles. The number of terminal acetylenes is 1. The van der Waals surface area contributed by atoms with Crippen LogP contribution in [-0.2, 0) is 4.79 Å². The second kappa shape index (κ2) is 6.81. The summed E-state index contributed by atoms with van der Waals surface area (Å²) in [5.74, 6) is 3.82. The minimum Gasteiger partial charge on any atom is -0.339 e. The summed E-state index contributed by atoms with van der Waals surface area (Å²) in [6.07, 6.45) is 12.9. The van der Waals surface area contributed by atoms with E-state index in [0.29, 0.717) is 18.5 Å². The summed E-state index contributed by atoms with van der Waals surface area (Å²) in [5.41, 5.74) is 0. The van der Waals surface area contributed by atoms with E-state index >= 15 is 0 Å². The summed E-state index contributed by atoms with van der Waals surface area (Å²) in [6.45, 7) is 4.18. The van der Waals surface area contributed by atoms with Crippen LogP contribution < -0.4 is 5.32 Å². The van der Waals surface area contributed by atoms with E-state index in [1.807, 2.05) is 4.90 Å². The van der Waals surface area contributed by atoms with E-state index in [-0.39, 0.29) is 6.04 Å². The first-order valence-corrected chi connectivity index (χ1v) is 8.48. The lowest BCUT2D eigenvalue weighted by Gasteiger charge is -2.42. The molecule has 0 spiro atoms. The lowest BCUT2D eigenvalue weighted by Crippen LogP contribution is -2.58. The van der Waals surface area contributed by atoms with Crippen molar-refractivity contribution in [2.75, 3.05) is 32.7 Å². The van der Waals surface area contributed by atoms with E-state index in [1.165, 1.54) is 32.1 Å². The molecule has 0 aromatic rings. The Hall–Kier alpha value is -1.05. The SMILES string of the molecule is C#CCN1CCN(C(=O)C2CCC3CCCCC3N2)CC1. The third-order valence-corrected chi connectivity index (χ3v) is 5.45. The number of nitrogens with zero attached hydrogens (tertiary/aromatic N) is 2. The van der Waals surface area contributed by atoms with E-state index in [9.17, 15) is 4.79 Å². The summed E-state index contributed by atoms with van der Waals surface area (Å²) >= 11 is 0. The summed E-state index contributed by atoms with van der Waals surface area (Å²) in [6, 6.07) is 0.646. The first-order chi connectivity index (χ1) is 10.3. The summed E-state index contributed by atoms with van der Waals surface area (Å²) in [7, 11) is 0. The smallest absolute Gasteiger partial charge is 0.239 e. The average Bonchev–Trinajstić information content (AvgIpc) is 2.55. The van der Waals surface area contributed by atoms with Crippen LogP contribution in [0.4, 0.5) is 0 Å². The maximum atomic E-state index is 12.7. The van der Waals surface area contributed by atoms with Gasteiger partial charge in [0.15, 0.2) is 0 Å². The largest absolute Gasteiger partial charge is 0.339 e. The minimum absolute atomic E-state index is 0.0588. The quantitative estimate of drug-likeness (QED) is 0.773. The van der Waals surface area contributed by atoms with Crippen LogP contribution in [0.1, 0.15) is 38.5 Å². The fourth-order valence-corrected chi connectivity index (χ4v) is 4.17. The molecule has 1 aliphatic carbocycles.